The number of carbonyl (C=O) groups excluding carboxylic acids is 1. The van der Waals surface area contributed by atoms with E-state index in [1.807, 2.05) is 6.07 Å². The molecule has 4 heterocycles. The van der Waals surface area contributed by atoms with Crippen LogP contribution in [0.1, 0.15) is 33.1 Å². The average Bonchev–Trinajstić information content (AvgIpc) is 3.37. The first-order chi connectivity index (χ1) is 15.5. The van der Waals surface area contributed by atoms with Gasteiger partial charge in [-0.3, -0.25) is 0 Å². The Morgan fingerprint density at radius 3 is 3.06 bits per heavy atom. The molecule has 8 nitrogen and oxygen atoms in total. The maximum absolute atomic E-state index is 12.4. The topological polar surface area (TPSA) is 92.4 Å². The van der Waals surface area contributed by atoms with E-state index < -0.39 is 6.09 Å². The van der Waals surface area contributed by atoms with Gasteiger partial charge in [-0.05, 0) is 36.8 Å². The van der Waals surface area contributed by atoms with Crippen molar-refractivity contribution < 1.29 is 14.3 Å². The zero-order chi connectivity index (χ0) is 22.1. The number of ether oxygens (including phenoxy) is 2. The zero-order valence-corrected chi connectivity index (χ0v) is 18.6. The lowest BCUT2D eigenvalue weighted by atomic mass is 9.93. The number of nitrogens with one attached hydrogen (secondary N) is 2. The second-order valence-corrected chi connectivity index (χ2v) is 9.44. The van der Waals surface area contributed by atoms with Crippen molar-refractivity contribution >= 4 is 22.9 Å². The van der Waals surface area contributed by atoms with E-state index >= 15 is 0 Å². The summed E-state index contributed by atoms with van der Waals surface area (Å²) < 4.78 is 11.0. The Morgan fingerprint density at radius 2 is 2.28 bits per heavy atom. The molecule has 8 heteroatoms. The van der Waals surface area contributed by atoms with E-state index in [0.717, 1.165) is 43.8 Å². The number of aromatic nitrogens is 3. The Kier molecular flexibility index (Phi) is 5.46. The van der Waals surface area contributed by atoms with Crippen LogP contribution in [0, 0.1) is 5.41 Å². The van der Waals surface area contributed by atoms with Crippen LogP contribution in [-0.2, 0) is 4.74 Å². The number of aromatic amines is 1. The number of hydrogen-bond donors (Lipinski definition) is 2. The monoisotopic (exact) mass is 435 g/mol. The second-order valence-electron chi connectivity index (χ2n) is 9.44. The standard InChI is InChI=1S/C24H29N5O3/c1-24(2)8-9-29(15-24)18-7-3-5-16(11-18)19-12-25-22-21(28-19)20(13-26-22)32-23(30)27-17-6-4-10-31-14-17/h3,5,7,11-13,17H,4,6,8-10,14-15H2,1-2H3,(H,25,26)(H,27,30). The van der Waals surface area contributed by atoms with Gasteiger partial charge in [0, 0.05) is 37.1 Å². The van der Waals surface area contributed by atoms with Gasteiger partial charge in [-0.15, -0.1) is 0 Å². The lowest BCUT2D eigenvalue weighted by Gasteiger charge is -2.22. The van der Waals surface area contributed by atoms with E-state index in [1.165, 1.54) is 12.1 Å². The lowest BCUT2D eigenvalue weighted by Crippen LogP contribution is -2.42. The number of rotatable bonds is 4. The molecule has 0 spiro atoms. The minimum atomic E-state index is -0.507. The molecule has 2 aromatic heterocycles. The highest BCUT2D eigenvalue weighted by molar-refractivity contribution is 5.84. The summed E-state index contributed by atoms with van der Waals surface area (Å²) in [6.45, 7) is 7.96. The Balaban J connectivity index is 1.36. The fourth-order valence-corrected chi connectivity index (χ4v) is 4.43. The first-order valence-electron chi connectivity index (χ1n) is 11.2. The summed E-state index contributed by atoms with van der Waals surface area (Å²) in [7, 11) is 0. The van der Waals surface area contributed by atoms with Crippen molar-refractivity contribution in [3.8, 4) is 17.0 Å². The first kappa shape index (κ1) is 20.8. The molecule has 2 aliphatic heterocycles. The van der Waals surface area contributed by atoms with Crippen LogP contribution in [0.25, 0.3) is 22.4 Å². The smallest absolute Gasteiger partial charge is 0.406 e. The van der Waals surface area contributed by atoms with Gasteiger partial charge >= 0.3 is 6.09 Å². The zero-order valence-electron chi connectivity index (χ0n) is 18.6. The van der Waals surface area contributed by atoms with Gasteiger partial charge in [0.05, 0.1) is 24.5 Å². The number of nitrogens with zero attached hydrogens (tertiary/aromatic N) is 3. The molecule has 1 amide bonds. The molecule has 1 aromatic carbocycles. The van der Waals surface area contributed by atoms with Crippen molar-refractivity contribution in [1.82, 2.24) is 20.3 Å². The molecule has 1 unspecified atom stereocenters. The van der Waals surface area contributed by atoms with E-state index in [0.29, 0.717) is 28.9 Å². The van der Waals surface area contributed by atoms with Crippen molar-refractivity contribution in [3.63, 3.8) is 0 Å². The SMILES string of the molecule is CC1(C)CCN(c2cccc(-c3cnc4[nH]cc(OC(=O)NC5CCCOC5)c4n3)c2)C1. The van der Waals surface area contributed by atoms with Gasteiger partial charge in [0.25, 0.3) is 0 Å². The van der Waals surface area contributed by atoms with Gasteiger partial charge in [0.2, 0.25) is 0 Å². The van der Waals surface area contributed by atoms with Crippen molar-refractivity contribution in [2.45, 2.75) is 39.2 Å². The molecule has 2 N–H and O–H groups in total. The third-order valence-corrected chi connectivity index (χ3v) is 6.22. The van der Waals surface area contributed by atoms with Gasteiger partial charge < -0.3 is 24.7 Å². The van der Waals surface area contributed by atoms with Gasteiger partial charge in [-0.1, -0.05) is 26.0 Å². The minimum absolute atomic E-state index is 0.0265. The van der Waals surface area contributed by atoms with E-state index in [9.17, 15) is 4.79 Å². The number of anilines is 1. The molecule has 32 heavy (non-hydrogen) atoms. The molecule has 0 aliphatic carbocycles. The van der Waals surface area contributed by atoms with Crippen LogP contribution in [0.15, 0.2) is 36.7 Å². The molecule has 0 bridgehead atoms. The molecule has 0 radical (unpaired) electrons. The van der Waals surface area contributed by atoms with Crippen LogP contribution in [0.4, 0.5) is 10.5 Å². The summed E-state index contributed by atoms with van der Waals surface area (Å²) in [5, 5.41) is 2.86. The van der Waals surface area contributed by atoms with Crippen LogP contribution in [0.3, 0.4) is 0 Å². The molecular formula is C24H29N5O3. The number of carbonyl (C=O) groups is 1. The molecular weight excluding hydrogens is 406 g/mol. The van der Waals surface area contributed by atoms with Gasteiger partial charge in [-0.25, -0.2) is 14.8 Å². The van der Waals surface area contributed by atoms with E-state index in [2.05, 4.69) is 52.2 Å². The Hall–Kier alpha value is -3.13. The van der Waals surface area contributed by atoms with Crippen molar-refractivity contribution in [3.05, 3.63) is 36.7 Å². The highest BCUT2D eigenvalue weighted by atomic mass is 16.6. The summed E-state index contributed by atoms with van der Waals surface area (Å²) in [6.07, 6.45) is 5.86. The number of benzene rings is 1. The van der Waals surface area contributed by atoms with E-state index in [4.69, 9.17) is 14.5 Å². The summed E-state index contributed by atoms with van der Waals surface area (Å²) in [6, 6.07) is 8.35. The highest BCUT2D eigenvalue weighted by Gasteiger charge is 2.29. The van der Waals surface area contributed by atoms with Crippen LogP contribution >= 0.6 is 0 Å². The highest BCUT2D eigenvalue weighted by Crippen LogP contribution is 2.34. The Bertz CT molecular complexity index is 1120. The van der Waals surface area contributed by atoms with Crippen molar-refractivity contribution in [2.24, 2.45) is 5.41 Å². The van der Waals surface area contributed by atoms with Crippen LogP contribution in [-0.4, -0.2) is 53.4 Å². The number of amides is 1. The second kappa shape index (κ2) is 8.43. The summed E-state index contributed by atoms with van der Waals surface area (Å²) >= 11 is 0. The van der Waals surface area contributed by atoms with Crippen LogP contribution < -0.4 is 15.0 Å². The number of fused-ring (bicyclic) bond motifs is 1. The largest absolute Gasteiger partial charge is 0.413 e. The molecule has 0 saturated carbocycles. The Labute approximate surface area is 187 Å². The molecule has 2 fully saturated rings. The predicted molar refractivity (Wildman–Crippen MR) is 123 cm³/mol. The normalized spacial score (nSPS) is 20.4. The summed E-state index contributed by atoms with van der Waals surface area (Å²) in [4.78, 5) is 27.1. The van der Waals surface area contributed by atoms with E-state index in [1.54, 1.807) is 12.4 Å². The lowest BCUT2D eigenvalue weighted by molar-refractivity contribution is 0.0703. The van der Waals surface area contributed by atoms with Crippen LogP contribution in [0.5, 0.6) is 5.75 Å². The molecule has 2 saturated heterocycles. The summed E-state index contributed by atoms with van der Waals surface area (Å²) in [5.41, 5.74) is 4.35. The molecule has 3 aromatic rings. The molecule has 5 rings (SSSR count). The fourth-order valence-electron chi connectivity index (χ4n) is 4.43. The first-order valence-corrected chi connectivity index (χ1v) is 11.2. The maximum atomic E-state index is 12.4. The average molecular weight is 436 g/mol. The molecule has 168 valence electrons. The van der Waals surface area contributed by atoms with Crippen LogP contribution in [0.2, 0.25) is 0 Å². The van der Waals surface area contributed by atoms with Gasteiger partial charge in [0.15, 0.2) is 16.9 Å². The number of H-pyrrole nitrogens is 1. The third kappa shape index (κ3) is 4.41. The van der Waals surface area contributed by atoms with Crippen molar-refractivity contribution in [2.75, 3.05) is 31.2 Å². The summed E-state index contributed by atoms with van der Waals surface area (Å²) in [5.74, 6) is 0.362. The number of hydrogen-bond acceptors (Lipinski definition) is 6. The fraction of sp³-hybridized carbons (Fsp3) is 0.458. The molecule has 1 atom stereocenters. The quantitative estimate of drug-likeness (QED) is 0.640. The maximum Gasteiger partial charge on any atom is 0.413 e. The predicted octanol–water partition coefficient (Wildman–Crippen LogP) is 4.13. The van der Waals surface area contributed by atoms with Gasteiger partial charge in [-0.2, -0.15) is 0 Å². The Morgan fingerprint density at radius 1 is 1.38 bits per heavy atom. The third-order valence-electron chi connectivity index (χ3n) is 6.22. The van der Waals surface area contributed by atoms with E-state index in [-0.39, 0.29) is 6.04 Å². The molecule has 2 aliphatic rings. The minimum Gasteiger partial charge on any atom is -0.406 e. The van der Waals surface area contributed by atoms with Crippen molar-refractivity contribution in [1.29, 1.82) is 0 Å². The van der Waals surface area contributed by atoms with Gasteiger partial charge in [0.1, 0.15) is 0 Å².